The van der Waals surface area contributed by atoms with E-state index in [0.717, 1.165) is 32.5 Å². The number of anilines is 1. The number of hydrogen-bond acceptors (Lipinski definition) is 4. The third-order valence-electron chi connectivity index (χ3n) is 4.21. The van der Waals surface area contributed by atoms with E-state index in [1.54, 1.807) is 11.3 Å². The topological polar surface area (TPSA) is 63.1 Å². The van der Waals surface area contributed by atoms with Crippen LogP contribution in [0.1, 0.15) is 37.5 Å². The van der Waals surface area contributed by atoms with Crippen LogP contribution in [0, 0.1) is 5.92 Å². The van der Waals surface area contributed by atoms with Gasteiger partial charge in [0.2, 0.25) is 0 Å². The number of aromatic nitrogens is 3. The summed E-state index contributed by atoms with van der Waals surface area (Å²) in [6.07, 6.45) is 7.68. The number of carbonyl (C=O) groups is 1. The van der Waals surface area contributed by atoms with Gasteiger partial charge in [0.15, 0.2) is 5.13 Å². The number of likely N-dealkylation sites (tertiary alicyclic amines) is 1. The summed E-state index contributed by atoms with van der Waals surface area (Å²) in [4.78, 5) is 19.7. The fourth-order valence-electron chi connectivity index (χ4n) is 2.77. The lowest BCUT2D eigenvalue weighted by Gasteiger charge is -2.31. The van der Waals surface area contributed by atoms with Gasteiger partial charge in [0.05, 0.1) is 0 Å². The van der Waals surface area contributed by atoms with Gasteiger partial charge in [-0.3, -0.25) is 10.00 Å². The zero-order chi connectivity index (χ0) is 16.2. The van der Waals surface area contributed by atoms with Crippen molar-refractivity contribution in [2.75, 3.05) is 18.4 Å². The van der Waals surface area contributed by atoms with Gasteiger partial charge in [-0.25, -0.2) is 9.78 Å². The van der Waals surface area contributed by atoms with Crippen LogP contribution in [0.15, 0.2) is 24.7 Å². The Hall–Kier alpha value is -1.89. The summed E-state index contributed by atoms with van der Waals surface area (Å²) in [7, 11) is 0. The molecule has 0 unspecified atom stereocenters. The van der Waals surface area contributed by atoms with E-state index in [4.69, 9.17) is 0 Å². The van der Waals surface area contributed by atoms with Crippen molar-refractivity contribution in [3.8, 4) is 0 Å². The molecule has 1 aliphatic heterocycles. The third-order valence-corrected chi connectivity index (χ3v) is 5.43. The van der Waals surface area contributed by atoms with Crippen LogP contribution in [0.3, 0.4) is 0 Å². The summed E-state index contributed by atoms with van der Waals surface area (Å²) in [6.45, 7) is 6.78. The highest BCUT2D eigenvalue weighted by Gasteiger charge is 2.23. The quantitative estimate of drug-likeness (QED) is 0.932. The monoisotopic (exact) mass is 333 g/mol. The minimum absolute atomic E-state index is 0.0350. The Labute approximate surface area is 140 Å². The molecule has 0 radical (unpaired) electrons. The van der Waals surface area contributed by atoms with Crippen LogP contribution in [0.25, 0.3) is 0 Å². The second kappa shape index (κ2) is 7.12. The van der Waals surface area contributed by atoms with E-state index in [2.05, 4.69) is 29.2 Å². The molecule has 1 saturated heterocycles. The number of thiazole rings is 1. The molecule has 1 aliphatic rings. The molecule has 2 aromatic heterocycles. The Kier molecular flexibility index (Phi) is 4.95. The molecule has 1 fully saturated rings. The van der Waals surface area contributed by atoms with Gasteiger partial charge in [-0.1, -0.05) is 13.8 Å². The number of piperidine rings is 1. The molecular weight excluding hydrogens is 310 g/mol. The maximum atomic E-state index is 12.3. The molecular formula is C16H23N5OS. The highest BCUT2D eigenvalue weighted by molar-refractivity contribution is 7.15. The van der Waals surface area contributed by atoms with E-state index >= 15 is 0 Å². The van der Waals surface area contributed by atoms with Crippen molar-refractivity contribution in [1.29, 1.82) is 0 Å². The first-order valence-electron chi connectivity index (χ1n) is 8.11. The molecule has 0 bridgehead atoms. The standard InChI is InChI=1S/C16H23N5OS/c1-12(2)14-10-17-15(23-14)19-16(22)20-8-4-13(5-9-20)11-21-7-3-6-18-21/h3,6-7,10,12-13H,4-5,8-9,11H2,1-2H3,(H,17,19,22). The molecule has 2 amide bonds. The van der Waals surface area contributed by atoms with E-state index in [-0.39, 0.29) is 6.03 Å². The van der Waals surface area contributed by atoms with E-state index in [0.29, 0.717) is 17.0 Å². The number of hydrogen-bond donors (Lipinski definition) is 1. The molecule has 23 heavy (non-hydrogen) atoms. The number of urea groups is 1. The molecule has 0 spiro atoms. The molecule has 0 saturated carbocycles. The first-order valence-corrected chi connectivity index (χ1v) is 8.92. The summed E-state index contributed by atoms with van der Waals surface area (Å²) in [5, 5.41) is 7.87. The summed E-state index contributed by atoms with van der Waals surface area (Å²) >= 11 is 1.56. The maximum Gasteiger partial charge on any atom is 0.323 e. The van der Waals surface area contributed by atoms with Gasteiger partial charge in [0.25, 0.3) is 0 Å². The predicted octanol–water partition coefficient (Wildman–Crippen LogP) is 3.41. The van der Waals surface area contributed by atoms with Gasteiger partial charge < -0.3 is 4.90 Å². The Bertz CT molecular complexity index is 629. The van der Waals surface area contributed by atoms with Crippen LogP contribution < -0.4 is 5.32 Å². The van der Waals surface area contributed by atoms with Crippen molar-refractivity contribution in [1.82, 2.24) is 19.7 Å². The van der Waals surface area contributed by atoms with Crippen LogP contribution in [0.5, 0.6) is 0 Å². The smallest absolute Gasteiger partial charge is 0.323 e. The largest absolute Gasteiger partial charge is 0.324 e. The SMILES string of the molecule is CC(C)c1cnc(NC(=O)N2CCC(Cn3cccn3)CC2)s1. The van der Waals surface area contributed by atoms with Crippen molar-refractivity contribution < 1.29 is 4.79 Å². The Morgan fingerprint density at radius 3 is 2.83 bits per heavy atom. The first kappa shape index (κ1) is 16.0. The van der Waals surface area contributed by atoms with Gasteiger partial charge in [0, 0.05) is 43.1 Å². The normalized spacial score (nSPS) is 16.0. The fourth-order valence-corrected chi connectivity index (χ4v) is 3.58. The Morgan fingerprint density at radius 1 is 1.43 bits per heavy atom. The van der Waals surface area contributed by atoms with Crippen LogP contribution in [0.4, 0.5) is 9.93 Å². The number of nitrogens with zero attached hydrogens (tertiary/aromatic N) is 4. The zero-order valence-electron chi connectivity index (χ0n) is 13.6. The molecule has 3 rings (SSSR count). The van der Waals surface area contributed by atoms with E-state index < -0.39 is 0 Å². The minimum atomic E-state index is -0.0350. The van der Waals surface area contributed by atoms with Gasteiger partial charge in [-0.05, 0) is 30.7 Å². The van der Waals surface area contributed by atoms with Crippen molar-refractivity contribution in [2.45, 2.75) is 39.2 Å². The maximum absolute atomic E-state index is 12.3. The van der Waals surface area contributed by atoms with Gasteiger partial charge in [-0.2, -0.15) is 5.10 Å². The number of carbonyl (C=O) groups excluding carboxylic acids is 1. The molecule has 1 N–H and O–H groups in total. The number of nitrogens with one attached hydrogen (secondary N) is 1. The van der Waals surface area contributed by atoms with Crippen LogP contribution >= 0.6 is 11.3 Å². The van der Waals surface area contributed by atoms with Crippen molar-refractivity contribution in [3.63, 3.8) is 0 Å². The molecule has 3 heterocycles. The van der Waals surface area contributed by atoms with Crippen LogP contribution in [-0.4, -0.2) is 38.8 Å². The highest BCUT2D eigenvalue weighted by Crippen LogP contribution is 2.26. The molecule has 6 nitrogen and oxygen atoms in total. The van der Waals surface area contributed by atoms with Crippen LogP contribution in [-0.2, 0) is 6.54 Å². The van der Waals surface area contributed by atoms with Crippen molar-refractivity contribution >= 4 is 22.5 Å². The molecule has 7 heteroatoms. The molecule has 0 aliphatic carbocycles. The van der Waals surface area contributed by atoms with Crippen molar-refractivity contribution in [2.24, 2.45) is 5.92 Å². The van der Waals surface area contributed by atoms with Gasteiger partial charge in [-0.15, -0.1) is 11.3 Å². The lowest BCUT2D eigenvalue weighted by Crippen LogP contribution is -2.41. The molecule has 124 valence electrons. The lowest BCUT2D eigenvalue weighted by atomic mass is 9.97. The summed E-state index contributed by atoms with van der Waals surface area (Å²) in [6, 6.07) is 1.91. The molecule has 0 aromatic carbocycles. The van der Waals surface area contributed by atoms with Gasteiger partial charge >= 0.3 is 6.03 Å². The fraction of sp³-hybridized carbons (Fsp3) is 0.562. The second-order valence-corrected chi connectivity index (χ2v) is 7.37. The lowest BCUT2D eigenvalue weighted by molar-refractivity contribution is 0.175. The van der Waals surface area contributed by atoms with E-state index in [1.165, 1.54) is 4.88 Å². The van der Waals surface area contributed by atoms with Crippen molar-refractivity contribution in [3.05, 3.63) is 29.5 Å². The predicted molar refractivity (Wildman–Crippen MR) is 91.7 cm³/mol. The average Bonchev–Trinajstić information content (AvgIpc) is 3.19. The molecule has 2 aromatic rings. The summed E-state index contributed by atoms with van der Waals surface area (Å²) in [5.74, 6) is 1.03. The van der Waals surface area contributed by atoms with E-state index in [9.17, 15) is 4.79 Å². The second-order valence-electron chi connectivity index (χ2n) is 6.31. The summed E-state index contributed by atoms with van der Waals surface area (Å²) in [5.41, 5.74) is 0. The zero-order valence-corrected chi connectivity index (χ0v) is 14.4. The Morgan fingerprint density at radius 2 is 2.22 bits per heavy atom. The third kappa shape index (κ3) is 4.10. The number of amides is 2. The highest BCUT2D eigenvalue weighted by atomic mass is 32.1. The Balaban J connectivity index is 1.47. The van der Waals surface area contributed by atoms with Crippen LogP contribution in [0.2, 0.25) is 0 Å². The average molecular weight is 333 g/mol. The minimum Gasteiger partial charge on any atom is -0.324 e. The van der Waals surface area contributed by atoms with E-state index in [1.807, 2.05) is 34.2 Å². The van der Waals surface area contributed by atoms with Gasteiger partial charge in [0.1, 0.15) is 0 Å². The molecule has 0 atom stereocenters. The summed E-state index contributed by atoms with van der Waals surface area (Å²) < 4.78 is 1.98. The number of rotatable bonds is 4. The first-order chi connectivity index (χ1) is 11.1.